The van der Waals surface area contributed by atoms with Crippen molar-refractivity contribution in [3.63, 3.8) is 0 Å². The van der Waals surface area contributed by atoms with Crippen molar-refractivity contribution in [1.82, 2.24) is 9.97 Å². The molecule has 1 aromatic carbocycles. The van der Waals surface area contributed by atoms with Gasteiger partial charge in [-0.2, -0.15) is 0 Å². The Bertz CT molecular complexity index is 784. The summed E-state index contributed by atoms with van der Waals surface area (Å²) in [4.78, 5) is 23.2. The molecule has 132 valence electrons. The molecule has 1 saturated heterocycles. The van der Waals surface area contributed by atoms with Crippen LogP contribution in [0, 0.1) is 6.92 Å². The first kappa shape index (κ1) is 17.6. The first-order valence-corrected chi connectivity index (χ1v) is 8.46. The topological polar surface area (TPSA) is 64.5 Å². The fourth-order valence-electron chi connectivity index (χ4n) is 2.92. The highest BCUT2D eigenvalue weighted by atomic mass is 35.5. The Balaban J connectivity index is 2.03. The average molecular weight is 362 g/mol. The highest BCUT2D eigenvalue weighted by Crippen LogP contribution is 2.30. The minimum atomic E-state index is -0.256. The number of benzene rings is 1. The molecule has 6 nitrogen and oxygen atoms in total. The first-order valence-electron chi connectivity index (χ1n) is 8.08. The van der Waals surface area contributed by atoms with Crippen molar-refractivity contribution in [2.24, 2.45) is 0 Å². The normalized spacial score (nSPS) is 19.7. The van der Waals surface area contributed by atoms with Gasteiger partial charge in [-0.15, -0.1) is 0 Å². The average Bonchev–Trinajstić information content (AvgIpc) is 3.04. The molecular weight excluding hydrogens is 342 g/mol. The Morgan fingerprint density at radius 2 is 2.20 bits per heavy atom. The van der Waals surface area contributed by atoms with Crippen molar-refractivity contribution in [1.29, 1.82) is 0 Å². The Labute approximate surface area is 151 Å². The van der Waals surface area contributed by atoms with Crippen LogP contribution in [-0.2, 0) is 4.74 Å². The van der Waals surface area contributed by atoms with Crippen molar-refractivity contribution in [2.45, 2.75) is 32.4 Å². The second kappa shape index (κ2) is 7.37. The van der Waals surface area contributed by atoms with Crippen LogP contribution < -0.4 is 9.64 Å². The van der Waals surface area contributed by atoms with Crippen molar-refractivity contribution in [3.05, 3.63) is 46.9 Å². The fraction of sp³-hybridized carbons (Fsp3) is 0.389. The van der Waals surface area contributed by atoms with E-state index in [1.54, 1.807) is 11.0 Å². The summed E-state index contributed by atoms with van der Waals surface area (Å²) in [5.74, 6) is 0.0390. The number of rotatable bonds is 4. The number of amides is 1. The number of aromatic nitrogens is 2. The molecule has 0 radical (unpaired) electrons. The lowest BCUT2D eigenvalue weighted by atomic mass is 10.1. The molecule has 1 fully saturated rings. The van der Waals surface area contributed by atoms with E-state index in [4.69, 9.17) is 21.1 Å². The summed E-state index contributed by atoms with van der Waals surface area (Å²) in [5, 5.41) is 0.610. The van der Waals surface area contributed by atoms with Gasteiger partial charge < -0.3 is 14.4 Å². The molecule has 25 heavy (non-hydrogen) atoms. The van der Waals surface area contributed by atoms with Crippen LogP contribution in [0.3, 0.4) is 0 Å². The van der Waals surface area contributed by atoms with E-state index in [-0.39, 0.29) is 23.7 Å². The molecular formula is C18H20ClN3O3. The summed E-state index contributed by atoms with van der Waals surface area (Å²) in [6, 6.07) is 5.49. The summed E-state index contributed by atoms with van der Waals surface area (Å²) in [7, 11) is 1.49. The van der Waals surface area contributed by atoms with Gasteiger partial charge in [-0.05, 0) is 38.0 Å². The van der Waals surface area contributed by atoms with Gasteiger partial charge in [0.25, 0.3) is 5.91 Å². The standard InChI is InChI=1S/C18H20ClN3O3/c1-11-4-5-13(8-14(11)19)22(16-6-7-25-12(16)2)18(23)15-9-20-10-17(21-15)24-3/h4-5,8-10,12,16H,6-7H2,1-3H3/t12-,16-/m1/s1. The molecule has 2 aromatic rings. The van der Waals surface area contributed by atoms with Gasteiger partial charge in [-0.3, -0.25) is 9.78 Å². The summed E-state index contributed by atoms with van der Waals surface area (Å²) in [6.45, 7) is 4.50. The number of aryl methyl sites for hydroxylation is 1. The van der Waals surface area contributed by atoms with Crippen LogP contribution in [0.4, 0.5) is 5.69 Å². The second-order valence-corrected chi connectivity index (χ2v) is 6.39. The zero-order valence-electron chi connectivity index (χ0n) is 14.4. The van der Waals surface area contributed by atoms with E-state index in [1.165, 1.54) is 19.5 Å². The van der Waals surface area contributed by atoms with E-state index in [1.807, 2.05) is 26.0 Å². The second-order valence-electron chi connectivity index (χ2n) is 5.99. The highest BCUT2D eigenvalue weighted by molar-refractivity contribution is 6.31. The number of anilines is 1. The van der Waals surface area contributed by atoms with E-state index >= 15 is 0 Å². The lowest BCUT2D eigenvalue weighted by Gasteiger charge is -2.31. The number of carbonyl (C=O) groups is 1. The monoisotopic (exact) mass is 361 g/mol. The molecule has 1 aromatic heterocycles. The zero-order chi connectivity index (χ0) is 18.0. The van der Waals surface area contributed by atoms with Gasteiger partial charge >= 0.3 is 0 Å². The fourth-order valence-corrected chi connectivity index (χ4v) is 3.10. The maximum atomic E-state index is 13.2. The van der Waals surface area contributed by atoms with Crippen LogP contribution in [0.15, 0.2) is 30.6 Å². The summed E-state index contributed by atoms with van der Waals surface area (Å²) in [6.07, 6.45) is 3.57. The molecule has 1 aliphatic rings. The number of methoxy groups -OCH3 is 1. The molecule has 0 unspecified atom stereocenters. The van der Waals surface area contributed by atoms with Gasteiger partial charge in [0.05, 0.1) is 31.6 Å². The van der Waals surface area contributed by atoms with Crippen molar-refractivity contribution >= 4 is 23.2 Å². The van der Waals surface area contributed by atoms with Crippen LogP contribution in [-0.4, -0.2) is 41.7 Å². The maximum absolute atomic E-state index is 13.2. The Hall–Kier alpha value is -2.18. The number of ether oxygens (including phenoxy) is 2. The molecule has 0 spiro atoms. The first-order chi connectivity index (χ1) is 12.0. The number of carbonyl (C=O) groups excluding carboxylic acids is 1. The van der Waals surface area contributed by atoms with Crippen LogP contribution in [0.25, 0.3) is 0 Å². The van der Waals surface area contributed by atoms with Gasteiger partial charge in [-0.1, -0.05) is 17.7 Å². The third-order valence-corrected chi connectivity index (χ3v) is 4.77. The van der Waals surface area contributed by atoms with E-state index in [0.717, 1.165) is 12.0 Å². The number of hydrogen-bond donors (Lipinski definition) is 0. The smallest absolute Gasteiger partial charge is 0.278 e. The van der Waals surface area contributed by atoms with E-state index < -0.39 is 0 Å². The van der Waals surface area contributed by atoms with Gasteiger partial charge in [0, 0.05) is 17.3 Å². The number of nitrogens with zero attached hydrogens (tertiary/aromatic N) is 3. The number of halogens is 1. The Kier molecular flexibility index (Phi) is 5.20. The Morgan fingerprint density at radius 1 is 1.40 bits per heavy atom. The zero-order valence-corrected chi connectivity index (χ0v) is 15.2. The van der Waals surface area contributed by atoms with Crippen LogP contribution in [0.5, 0.6) is 5.88 Å². The predicted octanol–water partition coefficient (Wildman–Crippen LogP) is 3.27. The molecule has 2 heterocycles. The van der Waals surface area contributed by atoms with E-state index in [2.05, 4.69) is 9.97 Å². The van der Waals surface area contributed by atoms with E-state index in [0.29, 0.717) is 23.2 Å². The minimum absolute atomic E-state index is 0.0809. The van der Waals surface area contributed by atoms with Gasteiger partial charge in [0.1, 0.15) is 0 Å². The van der Waals surface area contributed by atoms with Crippen molar-refractivity contribution in [2.75, 3.05) is 18.6 Å². The molecule has 2 atom stereocenters. The lowest BCUT2D eigenvalue weighted by Crippen LogP contribution is -2.44. The summed E-state index contributed by atoms with van der Waals surface area (Å²) >= 11 is 6.28. The van der Waals surface area contributed by atoms with Crippen LogP contribution in [0.2, 0.25) is 5.02 Å². The SMILES string of the molecule is COc1cncc(C(=O)N(c2ccc(C)c(Cl)c2)[C@@H]2CCO[C@@H]2C)n1. The maximum Gasteiger partial charge on any atom is 0.278 e. The molecule has 0 aliphatic carbocycles. The van der Waals surface area contributed by atoms with E-state index in [9.17, 15) is 4.79 Å². The molecule has 7 heteroatoms. The van der Waals surface area contributed by atoms with Crippen molar-refractivity contribution in [3.8, 4) is 5.88 Å². The molecule has 1 amide bonds. The largest absolute Gasteiger partial charge is 0.480 e. The lowest BCUT2D eigenvalue weighted by molar-refractivity contribution is 0.0920. The quantitative estimate of drug-likeness (QED) is 0.836. The Morgan fingerprint density at radius 3 is 2.84 bits per heavy atom. The third-order valence-electron chi connectivity index (χ3n) is 4.36. The van der Waals surface area contributed by atoms with Crippen LogP contribution >= 0.6 is 11.6 Å². The molecule has 0 N–H and O–H groups in total. The van der Waals surface area contributed by atoms with Gasteiger partial charge in [0.15, 0.2) is 5.69 Å². The molecule has 1 aliphatic heterocycles. The summed E-state index contributed by atoms with van der Waals surface area (Å²) in [5.41, 5.74) is 1.89. The number of hydrogen-bond acceptors (Lipinski definition) is 5. The predicted molar refractivity (Wildman–Crippen MR) is 95.4 cm³/mol. The summed E-state index contributed by atoms with van der Waals surface area (Å²) < 4.78 is 10.7. The third kappa shape index (κ3) is 3.60. The van der Waals surface area contributed by atoms with Crippen LogP contribution in [0.1, 0.15) is 29.4 Å². The van der Waals surface area contributed by atoms with Crippen molar-refractivity contribution < 1.29 is 14.3 Å². The van der Waals surface area contributed by atoms with Gasteiger partial charge in [0.2, 0.25) is 5.88 Å². The molecule has 3 rings (SSSR count). The minimum Gasteiger partial charge on any atom is -0.480 e. The molecule has 0 saturated carbocycles. The highest BCUT2D eigenvalue weighted by Gasteiger charge is 2.35. The van der Waals surface area contributed by atoms with Gasteiger partial charge in [-0.25, -0.2) is 4.98 Å². The molecule has 0 bridgehead atoms.